The number of amides is 1. The van der Waals surface area contributed by atoms with Crippen LogP contribution in [0.1, 0.15) is 20.7 Å². The molecule has 22 heavy (non-hydrogen) atoms. The first-order valence-electron chi connectivity index (χ1n) is 5.86. The zero-order chi connectivity index (χ0) is 16.9. The molecule has 0 aliphatic heterocycles. The maximum Gasteiger partial charge on any atom is 0.337 e. The highest BCUT2D eigenvalue weighted by Gasteiger charge is 2.08. The van der Waals surface area contributed by atoms with Gasteiger partial charge >= 0.3 is 5.97 Å². The lowest BCUT2D eigenvalue weighted by molar-refractivity contribution is 0.0697. The number of anilines is 2. The van der Waals surface area contributed by atoms with Gasteiger partial charge in [-0.05, 0) is 24.3 Å². The number of rotatable bonds is 2. The van der Waals surface area contributed by atoms with Crippen LogP contribution in [0.3, 0.4) is 0 Å². The van der Waals surface area contributed by atoms with Crippen molar-refractivity contribution in [1.29, 1.82) is 0 Å². The summed E-state index contributed by atoms with van der Waals surface area (Å²) in [5, 5.41) is 9.17. The minimum atomic E-state index is -1.06. The van der Waals surface area contributed by atoms with Gasteiger partial charge in [0.2, 0.25) is 0 Å². The van der Waals surface area contributed by atoms with Gasteiger partial charge in [0.05, 0.1) is 32.5 Å². The normalized spacial score (nSPS) is 9.55. The van der Waals surface area contributed by atoms with Gasteiger partial charge in [0.25, 0.3) is 5.91 Å². The van der Waals surface area contributed by atoms with Crippen LogP contribution in [0.2, 0.25) is 10.0 Å². The molecule has 7 N–H and O–H groups in total. The van der Waals surface area contributed by atoms with Crippen molar-refractivity contribution in [2.24, 2.45) is 5.73 Å². The van der Waals surface area contributed by atoms with E-state index in [1.165, 1.54) is 12.1 Å². The van der Waals surface area contributed by atoms with Crippen molar-refractivity contribution in [3.63, 3.8) is 0 Å². The summed E-state index contributed by atoms with van der Waals surface area (Å²) in [5.41, 5.74) is 16.5. The van der Waals surface area contributed by atoms with Crippen LogP contribution >= 0.6 is 23.2 Å². The molecule has 6 nitrogen and oxygen atoms in total. The molecule has 116 valence electrons. The Hall–Kier alpha value is -2.44. The minimum Gasteiger partial charge on any atom is -0.478 e. The Balaban J connectivity index is 0.000000220. The predicted molar refractivity (Wildman–Crippen MR) is 87.2 cm³/mol. The van der Waals surface area contributed by atoms with Crippen molar-refractivity contribution in [3.05, 3.63) is 57.6 Å². The lowest BCUT2D eigenvalue weighted by Gasteiger charge is -2.01. The van der Waals surface area contributed by atoms with Gasteiger partial charge in [-0.15, -0.1) is 0 Å². The quantitative estimate of drug-likeness (QED) is 0.623. The molecule has 0 aliphatic rings. The predicted octanol–water partition coefficient (Wildman–Crippen LogP) is 2.64. The second kappa shape index (κ2) is 7.53. The van der Waals surface area contributed by atoms with E-state index in [-0.39, 0.29) is 27.5 Å². The van der Waals surface area contributed by atoms with Crippen LogP contribution in [-0.2, 0) is 0 Å². The van der Waals surface area contributed by atoms with E-state index in [9.17, 15) is 9.59 Å². The molecule has 0 heterocycles. The number of carboxylic acid groups (broad SMARTS) is 1. The average Bonchev–Trinajstić information content (AvgIpc) is 2.45. The lowest BCUT2D eigenvalue weighted by atomic mass is 10.2. The number of benzene rings is 2. The fourth-order valence-corrected chi connectivity index (χ4v) is 1.82. The number of carboxylic acids is 1. The number of aromatic carboxylic acids is 1. The first-order chi connectivity index (χ1) is 10.3. The Kier molecular flexibility index (Phi) is 6.03. The molecule has 2 rings (SSSR count). The maximum atomic E-state index is 10.7. The first kappa shape index (κ1) is 17.6. The van der Waals surface area contributed by atoms with Crippen LogP contribution in [0.15, 0.2) is 36.4 Å². The molecule has 1 amide bonds. The standard InChI is InChI=1S/C7H7ClN2O.C7H6ClNO2/c2*8-5-3-1-2-4(6(5)9)7(10)11/h1-3H,9H2,(H2,10,11);1-3H,9H2,(H,10,11). The Morgan fingerprint density at radius 1 is 0.864 bits per heavy atom. The summed E-state index contributed by atoms with van der Waals surface area (Å²) >= 11 is 11.2. The number of nitrogen functional groups attached to an aromatic ring is 2. The highest BCUT2D eigenvalue weighted by molar-refractivity contribution is 6.34. The second-order valence-corrected chi connectivity index (χ2v) is 4.89. The number of hydrogen-bond donors (Lipinski definition) is 4. The second-order valence-electron chi connectivity index (χ2n) is 4.07. The van der Waals surface area contributed by atoms with Crippen molar-refractivity contribution < 1.29 is 14.7 Å². The average molecular weight is 342 g/mol. The third kappa shape index (κ3) is 4.28. The van der Waals surface area contributed by atoms with Gasteiger partial charge in [0.15, 0.2) is 0 Å². The summed E-state index contributed by atoms with van der Waals surface area (Å²) in [6.07, 6.45) is 0. The number of hydrogen-bond acceptors (Lipinski definition) is 4. The van der Waals surface area contributed by atoms with E-state index in [1.807, 2.05) is 0 Å². The van der Waals surface area contributed by atoms with Crippen molar-refractivity contribution in [2.75, 3.05) is 11.5 Å². The first-order valence-corrected chi connectivity index (χ1v) is 6.62. The number of primary amides is 1. The molecule has 0 aliphatic carbocycles. The van der Waals surface area contributed by atoms with Gasteiger partial charge < -0.3 is 22.3 Å². The van der Waals surface area contributed by atoms with Gasteiger partial charge in [-0.25, -0.2) is 4.79 Å². The number of halogens is 2. The van der Waals surface area contributed by atoms with E-state index in [4.69, 9.17) is 45.5 Å². The number of carbonyl (C=O) groups excluding carboxylic acids is 1. The van der Waals surface area contributed by atoms with Gasteiger partial charge in [0, 0.05) is 0 Å². The minimum absolute atomic E-state index is 0.0394. The van der Waals surface area contributed by atoms with Crippen LogP contribution in [-0.4, -0.2) is 17.0 Å². The summed E-state index contributed by atoms with van der Waals surface area (Å²) in [6, 6.07) is 9.25. The Morgan fingerprint density at radius 3 is 1.59 bits per heavy atom. The van der Waals surface area contributed by atoms with Crippen LogP contribution in [0.25, 0.3) is 0 Å². The van der Waals surface area contributed by atoms with Crippen LogP contribution < -0.4 is 17.2 Å². The maximum absolute atomic E-state index is 10.7. The molecular weight excluding hydrogens is 329 g/mol. The van der Waals surface area contributed by atoms with Crippen LogP contribution in [0.4, 0.5) is 11.4 Å². The van der Waals surface area contributed by atoms with Gasteiger partial charge in [-0.1, -0.05) is 35.3 Å². The Bertz CT molecular complexity index is 659. The van der Waals surface area contributed by atoms with Crippen molar-refractivity contribution in [3.8, 4) is 0 Å². The van der Waals surface area contributed by atoms with Gasteiger partial charge in [-0.2, -0.15) is 0 Å². The molecule has 0 fully saturated rings. The zero-order valence-corrected chi connectivity index (χ0v) is 12.7. The summed E-state index contributed by atoms with van der Waals surface area (Å²) < 4.78 is 0. The van der Waals surface area contributed by atoms with Crippen molar-refractivity contribution in [2.45, 2.75) is 0 Å². The molecule has 0 radical (unpaired) electrons. The molecule has 0 saturated heterocycles. The summed E-state index contributed by atoms with van der Waals surface area (Å²) in [6.45, 7) is 0. The number of nitrogens with two attached hydrogens (primary N) is 3. The van der Waals surface area contributed by atoms with E-state index in [0.717, 1.165) is 0 Å². The highest BCUT2D eigenvalue weighted by Crippen LogP contribution is 2.22. The van der Waals surface area contributed by atoms with E-state index >= 15 is 0 Å². The molecule has 0 aromatic heterocycles. The van der Waals surface area contributed by atoms with E-state index < -0.39 is 11.9 Å². The molecular formula is C14H13Cl2N3O3. The van der Waals surface area contributed by atoms with Crippen molar-refractivity contribution >= 4 is 46.5 Å². The van der Waals surface area contributed by atoms with Gasteiger partial charge in [0.1, 0.15) is 0 Å². The SMILES string of the molecule is NC(=O)c1cccc(Cl)c1N.Nc1c(Cl)cccc1C(=O)O. The smallest absolute Gasteiger partial charge is 0.337 e. The highest BCUT2D eigenvalue weighted by atomic mass is 35.5. The van der Waals surface area contributed by atoms with E-state index in [2.05, 4.69) is 0 Å². The van der Waals surface area contributed by atoms with Crippen LogP contribution in [0, 0.1) is 0 Å². The zero-order valence-electron chi connectivity index (χ0n) is 11.2. The fraction of sp³-hybridized carbons (Fsp3) is 0. The molecule has 0 atom stereocenters. The third-order valence-electron chi connectivity index (χ3n) is 2.60. The van der Waals surface area contributed by atoms with E-state index in [1.54, 1.807) is 24.3 Å². The van der Waals surface area contributed by atoms with Gasteiger partial charge in [-0.3, -0.25) is 4.79 Å². The molecule has 2 aromatic rings. The molecule has 0 saturated carbocycles. The number of carbonyl (C=O) groups is 2. The number of para-hydroxylation sites is 2. The fourth-order valence-electron chi connectivity index (χ4n) is 1.48. The lowest BCUT2D eigenvalue weighted by Crippen LogP contribution is -2.13. The summed E-state index contributed by atoms with van der Waals surface area (Å²) in [5.74, 6) is -1.63. The monoisotopic (exact) mass is 341 g/mol. The Morgan fingerprint density at radius 2 is 1.27 bits per heavy atom. The topological polar surface area (TPSA) is 132 Å². The summed E-state index contributed by atoms with van der Waals surface area (Å²) in [7, 11) is 0. The molecule has 0 spiro atoms. The third-order valence-corrected chi connectivity index (χ3v) is 3.26. The van der Waals surface area contributed by atoms with Crippen molar-refractivity contribution in [1.82, 2.24) is 0 Å². The molecule has 0 unspecified atom stereocenters. The van der Waals surface area contributed by atoms with E-state index in [0.29, 0.717) is 5.02 Å². The molecule has 2 aromatic carbocycles. The Labute approximate surface area is 136 Å². The van der Waals surface area contributed by atoms with Crippen LogP contribution in [0.5, 0.6) is 0 Å². The molecule has 8 heteroatoms. The largest absolute Gasteiger partial charge is 0.478 e. The summed E-state index contributed by atoms with van der Waals surface area (Å²) in [4.78, 5) is 21.1. The molecule has 0 bridgehead atoms.